The minimum absolute atomic E-state index is 0.107. The summed E-state index contributed by atoms with van der Waals surface area (Å²) in [5, 5.41) is 25.1. The summed E-state index contributed by atoms with van der Waals surface area (Å²) >= 11 is 12.1. The average Bonchev–Trinajstić information content (AvgIpc) is 3.50. The summed E-state index contributed by atoms with van der Waals surface area (Å²) < 4.78 is 0. The molecule has 37 heavy (non-hydrogen) atoms. The van der Waals surface area contributed by atoms with Crippen LogP contribution in [0.4, 0.5) is 10.5 Å². The quantitative estimate of drug-likeness (QED) is 0.381. The number of aliphatic hydroxyl groups excluding tert-OH is 1. The second-order valence-electron chi connectivity index (χ2n) is 9.72. The fourth-order valence-corrected chi connectivity index (χ4v) is 4.96. The molecule has 1 saturated heterocycles. The predicted molar refractivity (Wildman–Crippen MR) is 141 cm³/mol. The number of hydrogen-bond acceptors (Lipinski definition) is 5. The highest BCUT2D eigenvalue weighted by atomic mass is 35.5. The molecule has 0 bridgehead atoms. The number of hydrogen-bond donors (Lipinski definition) is 4. The van der Waals surface area contributed by atoms with Gasteiger partial charge in [0.25, 0.3) is 0 Å². The number of amides is 3. The molecule has 4 N–H and O–H groups in total. The molecular formula is C26H30Cl2N4O5. The molecule has 0 spiro atoms. The minimum Gasteiger partial charge on any atom is -0.465 e. The van der Waals surface area contributed by atoms with Crippen LogP contribution in [0.15, 0.2) is 42.5 Å². The van der Waals surface area contributed by atoms with Crippen LogP contribution in [0.2, 0.25) is 10.0 Å². The molecule has 198 valence electrons. The second-order valence-corrected chi connectivity index (χ2v) is 10.5. The van der Waals surface area contributed by atoms with Gasteiger partial charge in [0.05, 0.1) is 28.7 Å². The van der Waals surface area contributed by atoms with Crippen LogP contribution in [0.25, 0.3) is 0 Å². The summed E-state index contributed by atoms with van der Waals surface area (Å²) in [6, 6.07) is 12.4. The molecule has 9 nitrogen and oxygen atoms in total. The van der Waals surface area contributed by atoms with Gasteiger partial charge in [-0.2, -0.15) is 0 Å². The fraction of sp³-hybridized carbons (Fsp3) is 0.423. The van der Waals surface area contributed by atoms with E-state index in [4.69, 9.17) is 28.3 Å². The van der Waals surface area contributed by atoms with E-state index in [9.17, 15) is 19.5 Å². The van der Waals surface area contributed by atoms with Crippen molar-refractivity contribution in [1.29, 1.82) is 0 Å². The Labute approximate surface area is 225 Å². The van der Waals surface area contributed by atoms with E-state index in [1.54, 1.807) is 36.2 Å². The number of benzene rings is 2. The van der Waals surface area contributed by atoms with E-state index < -0.39 is 17.7 Å². The van der Waals surface area contributed by atoms with Gasteiger partial charge in [-0.3, -0.25) is 14.5 Å². The number of nitrogens with zero attached hydrogens (tertiary/aromatic N) is 2. The predicted octanol–water partition coefficient (Wildman–Crippen LogP) is 3.37. The van der Waals surface area contributed by atoms with Gasteiger partial charge in [-0.05, 0) is 54.7 Å². The van der Waals surface area contributed by atoms with Crippen LogP contribution in [0.3, 0.4) is 0 Å². The first-order valence-electron chi connectivity index (χ1n) is 12.1. The van der Waals surface area contributed by atoms with Gasteiger partial charge in [-0.15, -0.1) is 0 Å². The molecule has 2 aromatic rings. The Morgan fingerprint density at radius 3 is 2.51 bits per heavy atom. The van der Waals surface area contributed by atoms with E-state index in [1.165, 1.54) is 0 Å². The molecule has 1 heterocycles. The van der Waals surface area contributed by atoms with Crippen molar-refractivity contribution in [2.24, 2.45) is 0 Å². The van der Waals surface area contributed by atoms with Crippen molar-refractivity contribution in [2.75, 3.05) is 25.5 Å². The topological polar surface area (TPSA) is 122 Å². The van der Waals surface area contributed by atoms with Crippen molar-refractivity contribution >= 4 is 46.8 Å². The maximum atomic E-state index is 13.2. The molecule has 1 saturated carbocycles. The normalized spacial score (nSPS) is 19.2. The molecule has 0 radical (unpaired) electrons. The SMILES string of the molecule is CN(C(=O)Cc1ccc(Cl)c(Cl)c1)[C@@H](Cc1cccc(NC(=O)C2(NC(=O)O)CC2)c1)N1CC[C@H](O)C1. The van der Waals surface area contributed by atoms with Gasteiger partial charge in [0.2, 0.25) is 11.8 Å². The highest BCUT2D eigenvalue weighted by molar-refractivity contribution is 6.42. The Morgan fingerprint density at radius 1 is 1.14 bits per heavy atom. The number of likely N-dealkylation sites (tertiary alicyclic amines) is 1. The van der Waals surface area contributed by atoms with Crippen LogP contribution in [0.1, 0.15) is 30.4 Å². The van der Waals surface area contributed by atoms with Crippen LogP contribution in [0.5, 0.6) is 0 Å². The van der Waals surface area contributed by atoms with Gasteiger partial charge in [-0.1, -0.05) is 41.4 Å². The molecule has 0 aromatic heterocycles. The van der Waals surface area contributed by atoms with Crippen molar-refractivity contribution in [3.8, 4) is 0 Å². The zero-order chi connectivity index (χ0) is 26.7. The second kappa shape index (κ2) is 11.3. The van der Waals surface area contributed by atoms with Crippen LogP contribution >= 0.6 is 23.2 Å². The number of rotatable bonds is 9. The lowest BCUT2D eigenvalue weighted by Crippen LogP contribution is -2.50. The first-order valence-corrected chi connectivity index (χ1v) is 12.8. The molecule has 4 rings (SSSR count). The first kappa shape index (κ1) is 27.2. The summed E-state index contributed by atoms with van der Waals surface area (Å²) in [7, 11) is 1.75. The summed E-state index contributed by atoms with van der Waals surface area (Å²) in [5.74, 6) is -0.496. The van der Waals surface area contributed by atoms with Crippen LogP contribution in [0, 0.1) is 0 Å². The van der Waals surface area contributed by atoms with Gasteiger partial charge < -0.3 is 25.7 Å². The maximum Gasteiger partial charge on any atom is 0.405 e. The lowest BCUT2D eigenvalue weighted by atomic mass is 10.1. The molecule has 2 atom stereocenters. The zero-order valence-corrected chi connectivity index (χ0v) is 21.9. The number of carboxylic acid groups (broad SMARTS) is 1. The van der Waals surface area contributed by atoms with Gasteiger partial charge in [0, 0.05) is 32.2 Å². The van der Waals surface area contributed by atoms with Gasteiger partial charge in [0.15, 0.2) is 0 Å². The van der Waals surface area contributed by atoms with Crippen molar-refractivity contribution in [3.63, 3.8) is 0 Å². The third-order valence-corrected chi connectivity index (χ3v) is 7.67. The standard InChI is InChI=1S/C26H30Cl2N4O5/c1-31(23(34)14-17-5-6-20(27)21(28)12-17)22(32-10-7-19(33)15-32)13-16-3-2-4-18(11-16)29-24(35)26(8-9-26)30-25(36)37/h2-6,11-12,19,22,30,33H,7-10,13-15H2,1H3,(H,29,35)(H,36,37)/t19-,22+/m0/s1. The number of aliphatic hydroxyl groups is 1. The van der Waals surface area contributed by atoms with Crippen molar-refractivity contribution in [1.82, 2.24) is 15.1 Å². The summed E-state index contributed by atoms with van der Waals surface area (Å²) in [4.78, 5) is 40.7. The Bertz CT molecular complexity index is 1190. The molecule has 11 heteroatoms. The van der Waals surface area contributed by atoms with Crippen LogP contribution < -0.4 is 10.6 Å². The van der Waals surface area contributed by atoms with E-state index in [-0.39, 0.29) is 24.4 Å². The van der Waals surface area contributed by atoms with Crippen molar-refractivity contribution < 1.29 is 24.6 Å². The summed E-state index contributed by atoms with van der Waals surface area (Å²) in [6.07, 6.45) is 0.148. The minimum atomic E-state index is -1.23. The third-order valence-electron chi connectivity index (χ3n) is 6.93. The Kier molecular flexibility index (Phi) is 8.28. The number of carbonyl (C=O) groups is 3. The molecule has 1 aliphatic carbocycles. The van der Waals surface area contributed by atoms with Gasteiger partial charge >= 0.3 is 6.09 Å². The average molecular weight is 549 g/mol. The summed E-state index contributed by atoms with van der Waals surface area (Å²) in [6.45, 7) is 1.10. The maximum absolute atomic E-state index is 13.2. The third kappa shape index (κ3) is 6.73. The lowest BCUT2D eigenvalue weighted by molar-refractivity contribution is -0.134. The number of halogens is 2. The van der Waals surface area contributed by atoms with E-state index >= 15 is 0 Å². The number of likely N-dealkylation sites (N-methyl/N-ethyl adjacent to an activating group) is 1. The first-order chi connectivity index (χ1) is 17.6. The molecule has 0 unspecified atom stereocenters. The smallest absolute Gasteiger partial charge is 0.405 e. The zero-order valence-electron chi connectivity index (χ0n) is 20.4. The number of nitrogens with one attached hydrogen (secondary N) is 2. The molecule has 3 amide bonds. The number of β-amino-alcohol motifs (C(OH)–C–C–N with tert-alkyl or cyclic N) is 1. The Hall–Kier alpha value is -2.85. The molecule has 2 aliphatic rings. The highest BCUT2D eigenvalue weighted by Crippen LogP contribution is 2.36. The van der Waals surface area contributed by atoms with Crippen LogP contribution in [-0.4, -0.2) is 75.9 Å². The lowest BCUT2D eigenvalue weighted by Gasteiger charge is -2.36. The summed E-state index contributed by atoms with van der Waals surface area (Å²) in [5.41, 5.74) is 1.10. The fourth-order valence-electron chi connectivity index (χ4n) is 4.64. The van der Waals surface area contributed by atoms with Gasteiger partial charge in [0.1, 0.15) is 5.54 Å². The van der Waals surface area contributed by atoms with Gasteiger partial charge in [-0.25, -0.2) is 4.79 Å². The monoisotopic (exact) mass is 548 g/mol. The van der Waals surface area contributed by atoms with Crippen molar-refractivity contribution in [2.45, 2.75) is 49.9 Å². The van der Waals surface area contributed by atoms with E-state index in [1.807, 2.05) is 18.2 Å². The van der Waals surface area contributed by atoms with E-state index in [0.29, 0.717) is 54.5 Å². The van der Waals surface area contributed by atoms with E-state index in [2.05, 4.69) is 15.5 Å². The molecule has 1 aliphatic heterocycles. The van der Waals surface area contributed by atoms with E-state index in [0.717, 1.165) is 11.1 Å². The van der Waals surface area contributed by atoms with Crippen molar-refractivity contribution in [3.05, 3.63) is 63.6 Å². The number of anilines is 1. The Balaban J connectivity index is 1.48. The largest absolute Gasteiger partial charge is 0.465 e. The highest BCUT2D eigenvalue weighted by Gasteiger charge is 2.51. The number of carbonyl (C=O) groups excluding carboxylic acids is 2. The Morgan fingerprint density at radius 2 is 1.89 bits per heavy atom. The molecule has 2 fully saturated rings. The molecular weight excluding hydrogens is 519 g/mol. The van der Waals surface area contributed by atoms with Crippen LogP contribution in [-0.2, 0) is 22.4 Å². The molecule has 2 aromatic carbocycles.